The molecule has 3 saturated carbocycles. The summed E-state index contributed by atoms with van der Waals surface area (Å²) >= 11 is 0. The number of allylic oxidation sites excluding steroid dienone is 10. The summed E-state index contributed by atoms with van der Waals surface area (Å²) in [5.74, 6) is 2.31. The molecule has 5 aliphatic rings. The third kappa shape index (κ3) is 2.69. The molecule has 0 aliphatic heterocycles. The lowest BCUT2D eigenvalue weighted by Crippen LogP contribution is -2.29. The maximum atomic E-state index is 5.33. The molecular formula is C22H24O2+. The second-order valence-electron chi connectivity index (χ2n) is 6.83. The summed E-state index contributed by atoms with van der Waals surface area (Å²) in [5.41, 5.74) is 5.84. The van der Waals surface area contributed by atoms with Crippen LogP contribution in [-0.4, -0.2) is 20.0 Å². The Morgan fingerprint density at radius 1 is 0.750 bits per heavy atom. The minimum absolute atomic E-state index is 0.695. The van der Waals surface area contributed by atoms with Crippen LogP contribution in [0.2, 0.25) is 0 Å². The minimum Gasteiger partial charge on any atom is -0.366 e. The van der Waals surface area contributed by atoms with Gasteiger partial charge in [-0.25, -0.2) is 0 Å². The zero-order chi connectivity index (χ0) is 16.5. The topological polar surface area (TPSA) is 20.5 Å². The molecule has 0 unspecified atom stereocenters. The number of fused-ring (bicyclic) bond motifs is 3. The molecule has 5 aliphatic carbocycles. The van der Waals surface area contributed by atoms with E-state index in [2.05, 4.69) is 48.6 Å². The Kier molecular flexibility index (Phi) is 4.24. The van der Waals surface area contributed by atoms with Gasteiger partial charge in [-0.3, -0.25) is 4.42 Å². The van der Waals surface area contributed by atoms with E-state index in [4.69, 9.17) is 9.16 Å². The summed E-state index contributed by atoms with van der Waals surface area (Å²) in [7, 11) is 3.44. The van der Waals surface area contributed by atoms with Gasteiger partial charge in [-0.1, -0.05) is 12.2 Å². The third-order valence-electron chi connectivity index (χ3n) is 5.64. The first kappa shape index (κ1) is 15.6. The second kappa shape index (κ2) is 6.52. The summed E-state index contributed by atoms with van der Waals surface area (Å²) in [6.45, 7) is 0. The fourth-order valence-corrected chi connectivity index (χ4v) is 4.43. The van der Waals surface area contributed by atoms with Crippen LogP contribution in [0.1, 0.15) is 25.7 Å². The first-order valence-corrected chi connectivity index (χ1v) is 8.83. The molecule has 0 aromatic carbocycles. The smallest absolute Gasteiger partial charge is 0.343 e. The van der Waals surface area contributed by atoms with Crippen molar-refractivity contribution in [1.29, 1.82) is 0 Å². The molecule has 0 heterocycles. The standard InChI is InChI=1S/C22H24O2/c1-23-19-11-7-17(8-12-19)21-15-3-5-16(6-4-15)22(21)18-9-13-20(24-2)14-10-18/h7-16H,3-6H2,1-2H3/q+1. The average molecular weight is 320 g/mol. The molecule has 0 N–H and O–H groups in total. The number of rotatable bonds is 1. The van der Waals surface area contributed by atoms with Crippen molar-refractivity contribution in [2.75, 3.05) is 14.2 Å². The molecule has 0 amide bonds. The van der Waals surface area contributed by atoms with Crippen LogP contribution in [0, 0.1) is 17.9 Å². The van der Waals surface area contributed by atoms with Gasteiger partial charge in [0.1, 0.15) is 6.10 Å². The van der Waals surface area contributed by atoms with Crippen LogP contribution in [0.5, 0.6) is 0 Å². The molecule has 2 bridgehead atoms. The molecule has 0 aromatic heterocycles. The highest BCUT2D eigenvalue weighted by atomic mass is 16.5. The zero-order valence-corrected chi connectivity index (χ0v) is 14.4. The number of carbonyl (C=O) groups excluding carboxylic acids is 1. The van der Waals surface area contributed by atoms with Gasteiger partial charge in [0.25, 0.3) is 7.11 Å². The van der Waals surface area contributed by atoms with Crippen molar-refractivity contribution in [1.82, 2.24) is 0 Å². The second-order valence-corrected chi connectivity index (χ2v) is 6.83. The Morgan fingerprint density at radius 2 is 1.21 bits per heavy atom. The van der Waals surface area contributed by atoms with Gasteiger partial charge in [0.05, 0.1) is 0 Å². The largest absolute Gasteiger partial charge is 0.366 e. The van der Waals surface area contributed by atoms with E-state index >= 15 is 0 Å². The average Bonchev–Trinajstić information content (AvgIpc) is 2.68. The molecule has 0 aromatic rings. The van der Waals surface area contributed by atoms with Crippen LogP contribution >= 0.6 is 0 Å². The monoisotopic (exact) mass is 320 g/mol. The zero-order valence-electron chi connectivity index (χ0n) is 14.4. The highest BCUT2D eigenvalue weighted by Crippen LogP contribution is 2.51. The molecule has 5 rings (SSSR count). The SMILES string of the molecule is CO[C]1C=CC(=C2C(=C3C=CC(=[O+]C)C=C3)C3CCC2CC3)C=C1. The minimum atomic E-state index is 0.695. The molecule has 0 spiro atoms. The van der Waals surface area contributed by atoms with Gasteiger partial charge >= 0.3 is 5.78 Å². The van der Waals surface area contributed by atoms with Crippen molar-refractivity contribution in [2.24, 2.45) is 11.8 Å². The molecule has 24 heavy (non-hydrogen) atoms. The van der Waals surface area contributed by atoms with Crippen molar-refractivity contribution in [3.63, 3.8) is 0 Å². The molecule has 3 fully saturated rings. The van der Waals surface area contributed by atoms with Crippen LogP contribution in [0.15, 0.2) is 70.9 Å². The van der Waals surface area contributed by atoms with E-state index in [1.807, 2.05) is 0 Å². The highest BCUT2D eigenvalue weighted by molar-refractivity contribution is 6.01. The fourth-order valence-electron chi connectivity index (χ4n) is 4.43. The van der Waals surface area contributed by atoms with Crippen molar-refractivity contribution >= 4 is 5.78 Å². The van der Waals surface area contributed by atoms with Gasteiger partial charge in [0.2, 0.25) is 0 Å². The normalized spacial score (nSPS) is 29.2. The summed E-state index contributed by atoms with van der Waals surface area (Å²) in [4.78, 5) is 0. The predicted octanol–water partition coefficient (Wildman–Crippen LogP) is 4.56. The van der Waals surface area contributed by atoms with E-state index in [-0.39, 0.29) is 0 Å². The fraction of sp³-hybridized carbons (Fsp3) is 0.364. The maximum Gasteiger partial charge on any atom is 0.343 e. The van der Waals surface area contributed by atoms with Gasteiger partial charge in [0.15, 0.2) is 0 Å². The molecule has 0 saturated heterocycles. The van der Waals surface area contributed by atoms with E-state index in [0.29, 0.717) is 11.8 Å². The van der Waals surface area contributed by atoms with E-state index in [9.17, 15) is 0 Å². The summed E-state index contributed by atoms with van der Waals surface area (Å²) in [6.07, 6.45) is 23.4. The van der Waals surface area contributed by atoms with Crippen molar-refractivity contribution < 1.29 is 9.16 Å². The molecular weight excluding hydrogens is 296 g/mol. The third-order valence-corrected chi connectivity index (χ3v) is 5.64. The molecule has 2 nitrogen and oxygen atoms in total. The Balaban J connectivity index is 1.80. The molecule has 123 valence electrons. The van der Waals surface area contributed by atoms with Crippen LogP contribution in [0.25, 0.3) is 0 Å². The number of methoxy groups -OCH3 is 1. The van der Waals surface area contributed by atoms with Crippen LogP contribution in [-0.2, 0) is 9.16 Å². The lowest BCUT2D eigenvalue weighted by Gasteiger charge is -2.42. The Hall–Kier alpha value is -1.93. The van der Waals surface area contributed by atoms with Crippen LogP contribution < -0.4 is 0 Å². The quantitative estimate of drug-likeness (QED) is 0.648. The van der Waals surface area contributed by atoms with Gasteiger partial charge in [-0.15, -0.1) is 0 Å². The Labute approximate surface area is 144 Å². The van der Waals surface area contributed by atoms with Crippen LogP contribution in [0.3, 0.4) is 0 Å². The highest BCUT2D eigenvalue weighted by Gasteiger charge is 2.38. The first-order chi connectivity index (χ1) is 11.8. The lowest BCUT2D eigenvalue weighted by atomic mass is 9.62. The van der Waals surface area contributed by atoms with E-state index in [0.717, 1.165) is 11.9 Å². The predicted molar refractivity (Wildman–Crippen MR) is 97.2 cm³/mol. The maximum absolute atomic E-state index is 5.33. The van der Waals surface area contributed by atoms with Gasteiger partial charge in [-0.05, 0) is 84.1 Å². The summed E-state index contributed by atoms with van der Waals surface area (Å²) in [6, 6.07) is 0. The number of ether oxygens (including phenoxy) is 1. The summed E-state index contributed by atoms with van der Waals surface area (Å²) < 4.78 is 10.7. The summed E-state index contributed by atoms with van der Waals surface area (Å²) in [5, 5.41) is 0. The number of ketones is 1. The van der Waals surface area contributed by atoms with Gasteiger partial charge in [0, 0.05) is 19.3 Å². The van der Waals surface area contributed by atoms with Crippen molar-refractivity contribution in [3.05, 3.63) is 77.0 Å². The van der Waals surface area contributed by atoms with E-state index in [1.165, 1.54) is 36.8 Å². The van der Waals surface area contributed by atoms with Crippen molar-refractivity contribution in [3.8, 4) is 0 Å². The van der Waals surface area contributed by atoms with E-state index < -0.39 is 0 Å². The van der Waals surface area contributed by atoms with Gasteiger partial charge < -0.3 is 4.74 Å². The van der Waals surface area contributed by atoms with Crippen molar-refractivity contribution in [2.45, 2.75) is 25.7 Å². The Bertz CT molecular complexity index is 698. The lowest BCUT2D eigenvalue weighted by molar-refractivity contribution is -0.417. The number of hydrogen-bond donors (Lipinski definition) is 0. The Morgan fingerprint density at radius 3 is 1.62 bits per heavy atom. The first-order valence-electron chi connectivity index (χ1n) is 8.83. The molecule has 1 radical (unpaired) electrons. The molecule has 0 atom stereocenters. The van der Waals surface area contributed by atoms with E-state index in [1.54, 1.807) is 25.4 Å². The van der Waals surface area contributed by atoms with Gasteiger partial charge in [-0.2, -0.15) is 0 Å². The van der Waals surface area contributed by atoms with Crippen LogP contribution in [0.4, 0.5) is 0 Å². The molecule has 2 heteroatoms. The number of hydrogen-bond acceptors (Lipinski definition) is 1.